The number of anilines is 3. The smallest absolute Gasteiger partial charge is 0.0732 e. The lowest BCUT2D eigenvalue weighted by Gasteiger charge is -2.41. The van der Waals surface area contributed by atoms with Gasteiger partial charge in [0, 0.05) is 48.9 Å². The fourth-order valence-corrected chi connectivity index (χ4v) is 13.6. The summed E-state index contributed by atoms with van der Waals surface area (Å²) in [5.41, 5.74) is 22.2. The molecule has 1 aliphatic heterocycles. The highest BCUT2D eigenvalue weighted by Crippen LogP contribution is 2.63. The predicted octanol–water partition coefficient (Wildman–Crippen LogP) is 18.5. The first kappa shape index (κ1) is 42.5. The quantitative estimate of drug-likeness (QED) is 0.153. The summed E-state index contributed by atoms with van der Waals surface area (Å²) >= 11 is 1.92. The van der Waals surface area contributed by atoms with Crippen molar-refractivity contribution in [1.82, 2.24) is 4.98 Å². The maximum atomic E-state index is 3.94. The average molecular weight is 939 g/mol. The molecule has 3 heteroatoms. The number of rotatable bonds is 8. The number of aromatic amines is 1. The van der Waals surface area contributed by atoms with Crippen molar-refractivity contribution in [3.8, 4) is 22.3 Å². The molecule has 1 spiro atoms. The molecule has 10 aromatic carbocycles. The van der Waals surface area contributed by atoms with E-state index in [0.717, 1.165) is 34.5 Å². The van der Waals surface area contributed by atoms with Crippen molar-refractivity contribution < 1.29 is 0 Å². The van der Waals surface area contributed by atoms with Crippen molar-refractivity contribution in [2.24, 2.45) is 5.92 Å². The van der Waals surface area contributed by atoms with Gasteiger partial charge >= 0.3 is 0 Å². The van der Waals surface area contributed by atoms with Crippen LogP contribution in [0.15, 0.2) is 270 Å². The molecule has 0 saturated heterocycles. The van der Waals surface area contributed by atoms with Gasteiger partial charge in [0.15, 0.2) is 0 Å². The molecular weight excluding hydrogens is 889 g/mol. The molecule has 11 aromatic rings. The lowest BCUT2D eigenvalue weighted by Crippen LogP contribution is -2.33. The summed E-state index contributed by atoms with van der Waals surface area (Å²) in [5, 5.41) is 2.39. The topological polar surface area (TPSA) is 19.0 Å². The van der Waals surface area contributed by atoms with Gasteiger partial charge in [0.1, 0.15) is 0 Å². The third-order valence-corrected chi connectivity index (χ3v) is 16.8. The van der Waals surface area contributed by atoms with Crippen LogP contribution in [0.1, 0.15) is 58.2 Å². The van der Waals surface area contributed by atoms with E-state index in [9.17, 15) is 0 Å². The normalized spacial score (nSPS) is 16.9. The first-order valence-corrected chi connectivity index (χ1v) is 26.1. The van der Waals surface area contributed by atoms with Crippen molar-refractivity contribution >= 4 is 56.2 Å². The molecule has 0 amide bonds. The third-order valence-electron chi connectivity index (χ3n) is 15.6. The van der Waals surface area contributed by atoms with E-state index in [-0.39, 0.29) is 5.92 Å². The van der Waals surface area contributed by atoms with Crippen LogP contribution in [0.25, 0.3) is 49.6 Å². The van der Waals surface area contributed by atoms with Gasteiger partial charge in [-0.2, -0.15) is 0 Å². The zero-order valence-electron chi connectivity index (χ0n) is 40.0. The second-order valence-electron chi connectivity index (χ2n) is 19.7. The molecule has 3 atom stereocenters. The van der Waals surface area contributed by atoms with Gasteiger partial charge in [0.2, 0.25) is 0 Å². The second kappa shape index (κ2) is 17.2. The molecule has 0 fully saturated rings. The Morgan fingerprint density at radius 1 is 0.486 bits per heavy atom. The fourth-order valence-electron chi connectivity index (χ4n) is 12.4. The van der Waals surface area contributed by atoms with E-state index in [4.69, 9.17) is 0 Å². The lowest BCUT2D eigenvalue weighted by molar-refractivity contribution is 0.694. The standard InChI is InChI=1S/C69H50N2S/c1-45-17-15-27-59-66(45)55-24-11-12-25-57(55)69(59)58-26-13-14-30-64(58)72-65-42-36-51(43-60(65)69)67(50-22-9-4-10-23-50)52-35-41-56-62(44-52)70-61-28-16-29-63(68(56)61)71(53-37-31-48(32-38-53)46-18-5-2-6-19-46)54-39-33-49(34-40-54)47-20-7-3-8-21-47/h2-16,18-45,67,70H,17H2,1H3. The molecule has 2 nitrogen and oxygen atoms in total. The van der Waals surface area contributed by atoms with E-state index in [1.807, 2.05) is 11.8 Å². The number of nitrogens with zero attached hydrogens (tertiary/aromatic N) is 1. The molecule has 2 heterocycles. The molecule has 342 valence electrons. The van der Waals surface area contributed by atoms with Crippen LogP contribution in [0.4, 0.5) is 17.1 Å². The van der Waals surface area contributed by atoms with Gasteiger partial charge in [-0.25, -0.2) is 0 Å². The van der Waals surface area contributed by atoms with Crippen molar-refractivity contribution in [2.75, 3.05) is 4.90 Å². The second-order valence-corrected chi connectivity index (χ2v) is 20.7. The summed E-state index contributed by atoms with van der Waals surface area (Å²) in [6.45, 7) is 2.41. The summed E-state index contributed by atoms with van der Waals surface area (Å²) in [5.74, 6) is 0.423. The van der Waals surface area contributed by atoms with Crippen LogP contribution in [0.3, 0.4) is 0 Å². The van der Waals surface area contributed by atoms with Crippen molar-refractivity contribution in [2.45, 2.75) is 34.5 Å². The molecule has 1 aromatic heterocycles. The minimum atomic E-state index is -0.418. The van der Waals surface area contributed by atoms with Crippen molar-refractivity contribution in [3.05, 3.63) is 299 Å². The highest BCUT2D eigenvalue weighted by atomic mass is 32.2. The number of hydrogen-bond acceptors (Lipinski definition) is 2. The van der Waals surface area contributed by atoms with Crippen LogP contribution < -0.4 is 4.90 Å². The van der Waals surface area contributed by atoms with E-state index in [1.54, 1.807) is 0 Å². The Labute approximate surface area is 425 Å². The van der Waals surface area contributed by atoms with Crippen LogP contribution in [0.5, 0.6) is 0 Å². The van der Waals surface area contributed by atoms with Gasteiger partial charge in [0.05, 0.1) is 11.1 Å². The minimum Gasteiger partial charge on any atom is -0.354 e. The van der Waals surface area contributed by atoms with Gasteiger partial charge in [-0.3, -0.25) is 0 Å². The Hall–Kier alpha value is -8.37. The Kier molecular flexibility index (Phi) is 10.1. The van der Waals surface area contributed by atoms with Crippen molar-refractivity contribution in [1.29, 1.82) is 0 Å². The zero-order valence-corrected chi connectivity index (χ0v) is 40.8. The largest absolute Gasteiger partial charge is 0.354 e. The van der Waals surface area contributed by atoms with Gasteiger partial charge in [-0.1, -0.05) is 219 Å². The first-order valence-electron chi connectivity index (χ1n) is 25.2. The Balaban J connectivity index is 0.926. The number of hydrogen-bond donors (Lipinski definition) is 1. The lowest BCUT2D eigenvalue weighted by atomic mass is 9.65. The Morgan fingerprint density at radius 2 is 1.07 bits per heavy atom. The third kappa shape index (κ3) is 6.72. The first-order chi connectivity index (χ1) is 35.6. The summed E-state index contributed by atoms with van der Waals surface area (Å²) < 4.78 is 0. The van der Waals surface area contributed by atoms with Gasteiger partial charge in [0.25, 0.3) is 0 Å². The summed E-state index contributed by atoms with van der Waals surface area (Å²) in [6, 6.07) is 90.1. The predicted molar refractivity (Wildman–Crippen MR) is 302 cm³/mol. The highest BCUT2D eigenvalue weighted by molar-refractivity contribution is 7.99. The Morgan fingerprint density at radius 3 is 1.78 bits per heavy atom. The van der Waals surface area contributed by atoms with Crippen molar-refractivity contribution in [3.63, 3.8) is 0 Å². The summed E-state index contributed by atoms with van der Waals surface area (Å²) in [4.78, 5) is 9.02. The molecule has 3 unspecified atom stereocenters. The van der Waals surface area contributed by atoms with Crippen LogP contribution >= 0.6 is 11.8 Å². The average Bonchev–Trinajstić information content (AvgIpc) is 3.97. The molecule has 0 saturated carbocycles. The van der Waals surface area contributed by atoms with Crippen LogP contribution in [0.2, 0.25) is 0 Å². The monoisotopic (exact) mass is 938 g/mol. The van der Waals surface area contributed by atoms with Gasteiger partial charge < -0.3 is 9.88 Å². The van der Waals surface area contributed by atoms with E-state index >= 15 is 0 Å². The van der Waals surface area contributed by atoms with E-state index in [2.05, 4.69) is 272 Å². The number of fused-ring (bicyclic) bond motifs is 11. The maximum Gasteiger partial charge on any atom is 0.0732 e. The minimum absolute atomic E-state index is 0.0142. The van der Waals surface area contributed by atoms with Crippen LogP contribution in [0, 0.1) is 5.92 Å². The molecule has 72 heavy (non-hydrogen) atoms. The van der Waals surface area contributed by atoms with Crippen LogP contribution in [-0.2, 0) is 5.41 Å². The molecule has 3 aliphatic rings. The number of aromatic nitrogens is 1. The number of nitrogens with one attached hydrogen (secondary N) is 1. The number of benzene rings is 10. The molecule has 14 rings (SSSR count). The maximum absolute atomic E-state index is 3.94. The Bertz CT molecular complexity index is 3840. The number of allylic oxidation sites excluding steroid dienone is 4. The zero-order chi connectivity index (χ0) is 47.8. The molecular formula is C69H50N2S. The molecule has 0 radical (unpaired) electrons. The van der Waals surface area contributed by atoms with E-state index in [0.29, 0.717) is 5.92 Å². The van der Waals surface area contributed by atoms with E-state index < -0.39 is 5.41 Å². The molecule has 2 aliphatic carbocycles. The van der Waals surface area contributed by atoms with Crippen LogP contribution in [-0.4, -0.2) is 4.98 Å². The highest BCUT2D eigenvalue weighted by Gasteiger charge is 2.52. The summed E-state index contributed by atoms with van der Waals surface area (Å²) in [7, 11) is 0. The SMILES string of the molecule is CC1CC=CC2=C1c1ccccc1C21c2ccccc2Sc2ccc(C(c3ccccc3)c3ccc4c(c3)[nH]c3cccc(N(c5ccc(-c6ccccc6)cc5)c5ccc(-c6ccccc6)cc5)c34)cc21. The van der Waals surface area contributed by atoms with Gasteiger partial charge in [-0.05, 0) is 139 Å². The fraction of sp³-hybridized carbons (Fsp3) is 0.0725. The summed E-state index contributed by atoms with van der Waals surface area (Å²) in [6.07, 6.45) is 5.94. The van der Waals surface area contributed by atoms with Gasteiger partial charge in [-0.15, -0.1) is 0 Å². The number of H-pyrrole nitrogens is 1. The molecule has 1 N–H and O–H groups in total. The molecule has 0 bridgehead atoms. The van der Waals surface area contributed by atoms with E-state index in [1.165, 1.54) is 92.9 Å².